The summed E-state index contributed by atoms with van der Waals surface area (Å²) < 4.78 is 41.2. The number of hydrogen-bond acceptors (Lipinski definition) is 8. The maximum Gasteiger partial charge on any atom is 0.245 e. The summed E-state index contributed by atoms with van der Waals surface area (Å²) in [6.07, 6.45) is 0. The van der Waals surface area contributed by atoms with E-state index in [1.807, 2.05) is 11.8 Å². The van der Waals surface area contributed by atoms with Crippen molar-refractivity contribution in [3.8, 4) is 5.75 Å². The molecule has 0 aliphatic carbocycles. The van der Waals surface area contributed by atoms with Crippen molar-refractivity contribution in [1.82, 2.24) is 18.0 Å². The minimum atomic E-state index is -3.68. The van der Waals surface area contributed by atoms with Gasteiger partial charge in [0.25, 0.3) is 0 Å². The lowest BCUT2D eigenvalue weighted by Crippen LogP contribution is -2.53. The van der Waals surface area contributed by atoms with Crippen LogP contribution >= 0.6 is 11.7 Å². The van der Waals surface area contributed by atoms with Crippen LogP contribution in [0.4, 0.5) is 5.69 Å². The van der Waals surface area contributed by atoms with Crippen LogP contribution in [-0.4, -0.2) is 71.6 Å². The zero-order valence-electron chi connectivity index (χ0n) is 17.2. The number of piperazine rings is 1. The standard InChI is InChI=1S/C20H23N5O4S2/c1-14(20(26)21-15-6-8-16(29-2)9-7-15)24-10-12-25(13-11-24)31(27,28)18-5-3-4-17-19(18)23-30-22-17/h3-9,14H,10-13H2,1-2H3,(H,21,26). The summed E-state index contributed by atoms with van der Waals surface area (Å²) in [6.45, 7) is 3.35. The van der Waals surface area contributed by atoms with E-state index >= 15 is 0 Å². The third kappa shape index (κ3) is 4.40. The molecule has 1 aliphatic rings. The quantitative estimate of drug-likeness (QED) is 0.599. The van der Waals surface area contributed by atoms with Crippen LogP contribution in [0.15, 0.2) is 47.4 Å². The molecule has 0 saturated carbocycles. The van der Waals surface area contributed by atoms with Gasteiger partial charge in [-0.05, 0) is 43.3 Å². The Morgan fingerprint density at radius 1 is 1.10 bits per heavy atom. The molecule has 1 aliphatic heterocycles. The van der Waals surface area contributed by atoms with E-state index in [4.69, 9.17) is 4.74 Å². The second-order valence-electron chi connectivity index (χ2n) is 7.22. The summed E-state index contributed by atoms with van der Waals surface area (Å²) in [5.41, 5.74) is 1.67. The van der Waals surface area contributed by atoms with E-state index in [9.17, 15) is 13.2 Å². The highest BCUT2D eigenvalue weighted by Crippen LogP contribution is 2.25. The van der Waals surface area contributed by atoms with Crippen LogP contribution in [0.25, 0.3) is 11.0 Å². The van der Waals surface area contributed by atoms with E-state index in [0.717, 1.165) is 11.7 Å². The Morgan fingerprint density at radius 3 is 2.48 bits per heavy atom. The molecular formula is C20H23N5O4S2. The van der Waals surface area contributed by atoms with Crippen LogP contribution in [0.5, 0.6) is 5.75 Å². The van der Waals surface area contributed by atoms with Crippen molar-refractivity contribution in [3.05, 3.63) is 42.5 Å². The molecule has 2 heterocycles. The molecule has 164 valence electrons. The molecule has 1 aromatic heterocycles. The molecule has 1 fully saturated rings. The summed E-state index contributed by atoms with van der Waals surface area (Å²) in [4.78, 5) is 14.8. The van der Waals surface area contributed by atoms with Crippen LogP contribution in [0, 0.1) is 0 Å². The number of ether oxygens (including phenoxy) is 1. The normalized spacial score (nSPS) is 16.8. The molecule has 0 bridgehead atoms. The minimum absolute atomic E-state index is 0.139. The Balaban J connectivity index is 1.39. The number of hydrogen-bond donors (Lipinski definition) is 1. The summed E-state index contributed by atoms with van der Waals surface area (Å²) in [5.74, 6) is 0.576. The number of carbonyl (C=O) groups excluding carboxylic acids is 1. The Morgan fingerprint density at radius 2 is 1.81 bits per heavy atom. The summed E-state index contributed by atoms with van der Waals surface area (Å²) in [5, 5.41) is 2.89. The van der Waals surface area contributed by atoms with Gasteiger partial charge in [-0.1, -0.05) is 6.07 Å². The van der Waals surface area contributed by atoms with Crippen molar-refractivity contribution < 1.29 is 17.9 Å². The summed E-state index contributed by atoms with van der Waals surface area (Å²) >= 11 is 0.997. The van der Waals surface area contributed by atoms with E-state index in [-0.39, 0.29) is 10.8 Å². The number of rotatable bonds is 6. The molecule has 0 radical (unpaired) electrons. The molecule has 1 N–H and O–H groups in total. The fraction of sp³-hybridized carbons (Fsp3) is 0.350. The second-order valence-corrected chi connectivity index (χ2v) is 9.66. The smallest absolute Gasteiger partial charge is 0.245 e. The highest BCUT2D eigenvalue weighted by Gasteiger charge is 2.33. The topological polar surface area (TPSA) is 105 Å². The fourth-order valence-corrected chi connectivity index (χ4v) is 5.72. The van der Waals surface area contributed by atoms with Crippen molar-refractivity contribution in [3.63, 3.8) is 0 Å². The number of carbonyl (C=O) groups is 1. The van der Waals surface area contributed by atoms with E-state index < -0.39 is 16.1 Å². The molecule has 3 aromatic rings. The monoisotopic (exact) mass is 461 g/mol. The molecule has 1 amide bonds. The van der Waals surface area contributed by atoms with Crippen molar-refractivity contribution in [2.45, 2.75) is 17.9 Å². The van der Waals surface area contributed by atoms with E-state index in [2.05, 4.69) is 14.1 Å². The number of aromatic nitrogens is 2. The average molecular weight is 462 g/mol. The Labute approximate surface area is 185 Å². The number of benzene rings is 2. The lowest BCUT2D eigenvalue weighted by molar-refractivity contribution is -0.121. The molecule has 9 nitrogen and oxygen atoms in total. The zero-order chi connectivity index (χ0) is 22.0. The van der Waals surface area contributed by atoms with Crippen LogP contribution in [0.2, 0.25) is 0 Å². The molecule has 4 rings (SSSR count). The molecule has 2 aromatic carbocycles. The average Bonchev–Trinajstić information content (AvgIpc) is 3.28. The van der Waals surface area contributed by atoms with Gasteiger partial charge in [0.15, 0.2) is 0 Å². The van der Waals surface area contributed by atoms with Gasteiger partial charge in [-0.15, -0.1) is 0 Å². The SMILES string of the molecule is COc1ccc(NC(=O)C(C)N2CCN(S(=O)(=O)c3cccc4nsnc34)CC2)cc1. The number of amides is 1. The van der Waals surface area contributed by atoms with Gasteiger partial charge < -0.3 is 10.1 Å². The summed E-state index contributed by atoms with van der Waals surface area (Å²) in [7, 11) is -2.10. The molecule has 31 heavy (non-hydrogen) atoms. The minimum Gasteiger partial charge on any atom is -0.497 e. The van der Waals surface area contributed by atoms with Gasteiger partial charge in [-0.2, -0.15) is 13.1 Å². The number of fused-ring (bicyclic) bond motifs is 1. The van der Waals surface area contributed by atoms with Crippen molar-refractivity contribution in [2.24, 2.45) is 0 Å². The van der Waals surface area contributed by atoms with Gasteiger partial charge in [-0.3, -0.25) is 9.69 Å². The first-order chi connectivity index (χ1) is 14.9. The number of nitrogens with zero attached hydrogens (tertiary/aromatic N) is 4. The molecule has 1 atom stereocenters. The van der Waals surface area contributed by atoms with Gasteiger partial charge >= 0.3 is 0 Å². The Kier molecular flexibility index (Phi) is 6.19. The fourth-order valence-electron chi connectivity index (χ4n) is 3.55. The lowest BCUT2D eigenvalue weighted by Gasteiger charge is -2.36. The highest BCUT2D eigenvalue weighted by molar-refractivity contribution is 7.89. The van der Waals surface area contributed by atoms with Crippen LogP contribution in [0.3, 0.4) is 0 Å². The van der Waals surface area contributed by atoms with Crippen LogP contribution in [-0.2, 0) is 14.8 Å². The maximum atomic E-state index is 13.2. The van der Waals surface area contributed by atoms with Crippen molar-refractivity contribution in [1.29, 1.82) is 0 Å². The zero-order valence-corrected chi connectivity index (χ0v) is 18.8. The van der Waals surface area contributed by atoms with Gasteiger partial charge in [-0.25, -0.2) is 8.42 Å². The lowest BCUT2D eigenvalue weighted by atomic mass is 10.2. The predicted octanol–water partition coefficient (Wildman–Crippen LogP) is 2.03. The van der Waals surface area contributed by atoms with Gasteiger partial charge in [0.1, 0.15) is 21.7 Å². The molecule has 0 spiro atoms. The van der Waals surface area contributed by atoms with Crippen LogP contribution in [0.1, 0.15) is 6.92 Å². The van der Waals surface area contributed by atoms with E-state index in [1.165, 1.54) is 4.31 Å². The van der Waals surface area contributed by atoms with Crippen molar-refractivity contribution >= 4 is 44.4 Å². The third-order valence-corrected chi connectivity index (χ3v) is 7.90. The third-order valence-electron chi connectivity index (χ3n) is 5.42. The number of sulfonamides is 1. The number of methoxy groups -OCH3 is 1. The number of nitrogens with one attached hydrogen (secondary N) is 1. The predicted molar refractivity (Wildman–Crippen MR) is 119 cm³/mol. The Hall–Kier alpha value is -2.60. The van der Waals surface area contributed by atoms with Gasteiger partial charge in [0.05, 0.1) is 24.9 Å². The second kappa shape index (κ2) is 8.87. The molecule has 11 heteroatoms. The molecule has 1 unspecified atom stereocenters. The first-order valence-electron chi connectivity index (χ1n) is 9.80. The molecular weight excluding hydrogens is 438 g/mol. The largest absolute Gasteiger partial charge is 0.497 e. The van der Waals surface area contributed by atoms with Gasteiger partial charge in [0.2, 0.25) is 15.9 Å². The van der Waals surface area contributed by atoms with Crippen LogP contribution < -0.4 is 10.1 Å². The van der Waals surface area contributed by atoms with E-state index in [1.54, 1.807) is 49.6 Å². The highest BCUT2D eigenvalue weighted by atomic mass is 32.2. The maximum absolute atomic E-state index is 13.2. The summed E-state index contributed by atoms with van der Waals surface area (Å²) in [6, 6.07) is 11.7. The molecule has 1 saturated heterocycles. The Bertz CT molecular complexity index is 1170. The number of anilines is 1. The van der Waals surface area contributed by atoms with Gasteiger partial charge in [0, 0.05) is 31.9 Å². The first kappa shape index (κ1) is 21.6. The van der Waals surface area contributed by atoms with Crippen molar-refractivity contribution in [2.75, 3.05) is 38.6 Å². The van der Waals surface area contributed by atoms with E-state index in [0.29, 0.717) is 48.6 Å². The first-order valence-corrected chi connectivity index (χ1v) is 12.0.